The van der Waals surface area contributed by atoms with Crippen molar-refractivity contribution in [1.82, 2.24) is 15.3 Å². The van der Waals surface area contributed by atoms with E-state index in [2.05, 4.69) is 22.2 Å². The van der Waals surface area contributed by atoms with Gasteiger partial charge in [-0.2, -0.15) is 0 Å². The molecule has 1 heterocycles. The molecule has 0 saturated carbocycles. The molecule has 0 unspecified atom stereocenters. The third-order valence-electron chi connectivity index (χ3n) is 2.53. The Kier molecular flexibility index (Phi) is 4.95. The first kappa shape index (κ1) is 14.3. The van der Waals surface area contributed by atoms with Crippen molar-refractivity contribution < 1.29 is 13.5 Å². The number of hydrogen-bond acceptors (Lipinski definition) is 4. The number of rotatable bonds is 6. The van der Waals surface area contributed by atoms with E-state index < -0.39 is 11.6 Å². The van der Waals surface area contributed by atoms with Crippen molar-refractivity contribution >= 4 is 0 Å². The van der Waals surface area contributed by atoms with E-state index in [9.17, 15) is 8.78 Å². The molecule has 0 amide bonds. The summed E-state index contributed by atoms with van der Waals surface area (Å²) in [5.41, 5.74) is 0.908. The van der Waals surface area contributed by atoms with Crippen LogP contribution in [0.4, 0.5) is 8.78 Å². The van der Waals surface area contributed by atoms with Crippen molar-refractivity contribution in [3.63, 3.8) is 0 Å². The Morgan fingerprint density at radius 1 is 1.20 bits per heavy atom. The minimum absolute atomic E-state index is 0.0229. The van der Waals surface area contributed by atoms with Crippen molar-refractivity contribution in [2.24, 2.45) is 0 Å². The predicted octanol–water partition coefficient (Wildman–Crippen LogP) is 3.05. The van der Waals surface area contributed by atoms with Gasteiger partial charge in [0.25, 0.3) is 0 Å². The summed E-state index contributed by atoms with van der Waals surface area (Å²) in [6.07, 6.45) is 4.25. The van der Waals surface area contributed by atoms with Crippen molar-refractivity contribution in [3.8, 4) is 11.8 Å². The zero-order valence-corrected chi connectivity index (χ0v) is 11.1. The van der Waals surface area contributed by atoms with Crippen LogP contribution in [0.25, 0.3) is 0 Å². The molecule has 2 rings (SSSR count). The zero-order chi connectivity index (χ0) is 14.4. The van der Waals surface area contributed by atoms with Crippen LogP contribution in [0.15, 0.2) is 30.6 Å². The highest BCUT2D eigenvalue weighted by molar-refractivity contribution is 5.27. The summed E-state index contributed by atoms with van der Waals surface area (Å²) in [5, 5.41) is 3.21. The average molecular weight is 279 g/mol. The molecule has 2 aromatic rings. The van der Waals surface area contributed by atoms with Gasteiger partial charge >= 0.3 is 6.01 Å². The van der Waals surface area contributed by atoms with E-state index in [1.54, 1.807) is 12.4 Å². The molecule has 106 valence electrons. The highest BCUT2D eigenvalue weighted by Crippen LogP contribution is 2.22. The topological polar surface area (TPSA) is 47.0 Å². The van der Waals surface area contributed by atoms with E-state index in [0.717, 1.165) is 30.7 Å². The summed E-state index contributed by atoms with van der Waals surface area (Å²) < 4.78 is 31.3. The van der Waals surface area contributed by atoms with Crippen molar-refractivity contribution in [1.29, 1.82) is 0 Å². The first-order chi connectivity index (χ1) is 9.69. The molecule has 0 radical (unpaired) electrons. The number of nitrogens with zero attached hydrogens (tertiary/aromatic N) is 2. The Morgan fingerprint density at radius 3 is 2.60 bits per heavy atom. The van der Waals surface area contributed by atoms with Crippen LogP contribution in [0, 0.1) is 11.6 Å². The summed E-state index contributed by atoms with van der Waals surface area (Å²) in [6.45, 7) is 3.66. The Morgan fingerprint density at radius 2 is 1.95 bits per heavy atom. The SMILES string of the molecule is CCCNCc1cnc(Oc2ccc(F)cc2F)nc1. The van der Waals surface area contributed by atoms with E-state index in [0.29, 0.717) is 6.54 Å². The molecule has 0 aliphatic carbocycles. The second-order valence-electron chi connectivity index (χ2n) is 4.23. The van der Waals surface area contributed by atoms with Gasteiger partial charge in [0, 0.05) is 30.6 Å². The maximum Gasteiger partial charge on any atom is 0.321 e. The maximum absolute atomic E-state index is 13.4. The second-order valence-corrected chi connectivity index (χ2v) is 4.23. The molecule has 0 bridgehead atoms. The van der Waals surface area contributed by atoms with Gasteiger partial charge in [0.15, 0.2) is 11.6 Å². The molecule has 0 aliphatic heterocycles. The predicted molar refractivity (Wildman–Crippen MR) is 70.5 cm³/mol. The number of hydrogen-bond donors (Lipinski definition) is 1. The van der Waals surface area contributed by atoms with Crippen molar-refractivity contribution in [2.45, 2.75) is 19.9 Å². The monoisotopic (exact) mass is 279 g/mol. The summed E-state index contributed by atoms with van der Waals surface area (Å²) in [4.78, 5) is 7.96. The number of ether oxygens (including phenoxy) is 1. The largest absolute Gasteiger partial charge is 0.421 e. The summed E-state index contributed by atoms with van der Waals surface area (Å²) in [7, 11) is 0. The third kappa shape index (κ3) is 3.96. The Bertz CT molecular complexity index is 561. The average Bonchev–Trinajstić information content (AvgIpc) is 2.44. The van der Waals surface area contributed by atoms with E-state index in [1.807, 2.05) is 0 Å². The molecule has 1 aromatic carbocycles. The van der Waals surface area contributed by atoms with Gasteiger partial charge < -0.3 is 10.1 Å². The fourth-order valence-corrected chi connectivity index (χ4v) is 1.55. The molecule has 4 nitrogen and oxygen atoms in total. The summed E-state index contributed by atoms with van der Waals surface area (Å²) in [5.74, 6) is -1.56. The highest BCUT2D eigenvalue weighted by atomic mass is 19.1. The third-order valence-corrected chi connectivity index (χ3v) is 2.53. The summed E-state index contributed by atoms with van der Waals surface area (Å²) in [6, 6.07) is 3.08. The molecular weight excluding hydrogens is 264 g/mol. The molecule has 1 aromatic heterocycles. The van der Waals surface area contributed by atoms with E-state index in [1.165, 1.54) is 6.07 Å². The van der Waals surface area contributed by atoms with Gasteiger partial charge in [0.1, 0.15) is 5.82 Å². The quantitative estimate of drug-likeness (QED) is 0.826. The normalized spacial score (nSPS) is 10.6. The Hall–Kier alpha value is -2.08. The van der Waals surface area contributed by atoms with Gasteiger partial charge in [-0.25, -0.2) is 18.7 Å². The molecule has 0 saturated heterocycles. The van der Waals surface area contributed by atoms with Crippen LogP contribution in [0.2, 0.25) is 0 Å². The number of benzene rings is 1. The molecule has 0 spiro atoms. The molecule has 0 atom stereocenters. The molecular formula is C14H15F2N3O. The maximum atomic E-state index is 13.4. The van der Waals surface area contributed by atoms with Crippen LogP contribution in [-0.2, 0) is 6.54 Å². The summed E-state index contributed by atoms with van der Waals surface area (Å²) >= 11 is 0. The number of halogens is 2. The second kappa shape index (κ2) is 6.91. The van der Waals surface area contributed by atoms with Crippen LogP contribution < -0.4 is 10.1 Å². The van der Waals surface area contributed by atoms with Crippen LogP contribution >= 0.6 is 0 Å². The van der Waals surface area contributed by atoms with Gasteiger partial charge in [-0.15, -0.1) is 0 Å². The first-order valence-electron chi connectivity index (χ1n) is 6.33. The van der Waals surface area contributed by atoms with Crippen LogP contribution in [-0.4, -0.2) is 16.5 Å². The van der Waals surface area contributed by atoms with Gasteiger partial charge in [-0.05, 0) is 25.1 Å². The van der Waals surface area contributed by atoms with Crippen LogP contribution in [0.5, 0.6) is 11.8 Å². The smallest absolute Gasteiger partial charge is 0.321 e. The van der Waals surface area contributed by atoms with E-state index in [4.69, 9.17) is 4.74 Å². The van der Waals surface area contributed by atoms with Gasteiger partial charge in [-0.3, -0.25) is 0 Å². The van der Waals surface area contributed by atoms with E-state index in [-0.39, 0.29) is 11.8 Å². The lowest BCUT2D eigenvalue weighted by Crippen LogP contribution is -2.14. The highest BCUT2D eigenvalue weighted by Gasteiger charge is 2.07. The molecule has 20 heavy (non-hydrogen) atoms. The van der Waals surface area contributed by atoms with Crippen molar-refractivity contribution in [2.75, 3.05) is 6.54 Å². The number of nitrogens with one attached hydrogen (secondary N) is 1. The standard InChI is InChI=1S/C14H15F2N3O/c1-2-5-17-7-10-8-18-14(19-9-10)20-13-4-3-11(15)6-12(13)16/h3-4,6,8-9,17H,2,5,7H2,1H3. The van der Waals surface area contributed by atoms with E-state index >= 15 is 0 Å². The lowest BCUT2D eigenvalue weighted by atomic mass is 10.3. The fraction of sp³-hybridized carbons (Fsp3) is 0.286. The molecule has 1 N–H and O–H groups in total. The van der Waals surface area contributed by atoms with Gasteiger partial charge in [0.2, 0.25) is 0 Å². The molecule has 0 fully saturated rings. The lowest BCUT2D eigenvalue weighted by Gasteiger charge is -2.06. The molecule has 0 aliphatic rings. The van der Waals surface area contributed by atoms with Crippen molar-refractivity contribution in [3.05, 3.63) is 47.8 Å². The lowest BCUT2D eigenvalue weighted by molar-refractivity contribution is 0.407. The number of aromatic nitrogens is 2. The van der Waals surface area contributed by atoms with Crippen LogP contribution in [0.3, 0.4) is 0 Å². The minimum Gasteiger partial charge on any atom is -0.421 e. The van der Waals surface area contributed by atoms with Gasteiger partial charge in [-0.1, -0.05) is 6.92 Å². The minimum atomic E-state index is -0.790. The first-order valence-corrected chi connectivity index (χ1v) is 6.33. The van der Waals surface area contributed by atoms with Gasteiger partial charge in [0.05, 0.1) is 0 Å². The Labute approximate surface area is 115 Å². The fourth-order valence-electron chi connectivity index (χ4n) is 1.55. The van der Waals surface area contributed by atoms with Crippen LogP contribution in [0.1, 0.15) is 18.9 Å². The molecule has 6 heteroatoms. The zero-order valence-electron chi connectivity index (χ0n) is 11.1. The Balaban J connectivity index is 1.99.